The first-order chi connectivity index (χ1) is 17.0. The fraction of sp³-hybridized carbons (Fsp3) is 0.360. The molecule has 2 aromatic rings. The van der Waals surface area contributed by atoms with Crippen LogP contribution in [0.15, 0.2) is 46.1 Å². The minimum atomic E-state index is -0.186. The number of piperidine rings is 1. The standard InChI is InChI=1S/C25H23N3O5S2/c29-22(26-11-16-8-17(13-26)18-2-1-3-23(30)28(18)12-16)6-7-27-24(31)21(35-25(27)34)10-15-4-5-19-20(9-15)33-14-32-19/h1-5,9-10,16-17H,6-8,11-14H2/t16-,17-/m0/s1. The van der Waals surface area contributed by atoms with Gasteiger partial charge >= 0.3 is 0 Å². The number of carbonyl (C=O) groups is 2. The Labute approximate surface area is 211 Å². The van der Waals surface area contributed by atoms with Crippen LogP contribution >= 0.6 is 24.0 Å². The fourth-order valence-electron chi connectivity index (χ4n) is 5.31. The number of rotatable bonds is 4. The molecule has 35 heavy (non-hydrogen) atoms. The van der Waals surface area contributed by atoms with Gasteiger partial charge in [0, 0.05) is 50.3 Å². The minimum absolute atomic E-state index is 0.0141. The summed E-state index contributed by atoms with van der Waals surface area (Å²) in [6, 6.07) is 10.9. The number of thioether (sulfide) groups is 1. The van der Waals surface area contributed by atoms with Crippen LogP contribution in [-0.4, -0.2) is 56.9 Å². The molecule has 0 saturated carbocycles. The Morgan fingerprint density at radius 3 is 2.86 bits per heavy atom. The van der Waals surface area contributed by atoms with E-state index in [0.29, 0.717) is 40.4 Å². The Balaban J connectivity index is 1.10. The SMILES string of the molecule is O=C(CCN1C(=O)C(=Cc2ccc3c(c2)OCO3)SC1=S)N1C[C@@H]2C[C@@H](C1)c1cccc(=O)n1C2. The van der Waals surface area contributed by atoms with E-state index >= 15 is 0 Å². The maximum absolute atomic E-state index is 13.1. The predicted octanol–water partition coefficient (Wildman–Crippen LogP) is 2.81. The number of pyridine rings is 1. The number of hydrogen-bond donors (Lipinski definition) is 0. The highest BCUT2D eigenvalue weighted by Gasteiger charge is 2.37. The third kappa shape index (κ3) is 4.14. The highest BCUT2D eigenvalue weighted by atomic mass is 32.2. The molecule has 0 unspecified atom stereocenters. The molecule has 180 valence electrons. The van der Waals surface area contributed by atoms with Crippen LogP contribution in [0.5, 0.6) is 11.5 Å². The van der Waals surface area contributed by atoms with Gasteiger partial charge in [-0.15, -0.1) is 0 Å². The summed E-state index contributed by atoms with van der Waals surface area (Å²) in [6.07, 6.45) is 2.99. The van der Waals surface area contributed by atoms with E-state index in [0.717, 1.165) is 17.7 Å². The highest BCUT2D eigenvalue weighted by Crippen LogP contribution is 2.37. The number of fused-ring (bicyclic) bond motifs is 5. The number of ether oxygens (including phenoxy) is 2. The summed E-state index contributed by atoms with van der Waals surface area (Å²) in [6.45, 7) is 2.33. The number of carbonyl (C=O) groups excluding carboxylic acids is 2. The molecule has 10 heteroatoms. The molecule has 4 aliphatic rings. The van der Waals surface area contributed by atoms with Gasteiger partial charge in [0.25, 0.3) is 11.5 Å². The quantitative estimate of drug-likeness (QED) is 0.463. The third-order valence-corrected chi connectivity index (χ3v) is 8.33. The molecule has 4 aliphatic heterocycles. The Bertz CT molecular complexity index is 1340. The van der Waals surface area contributed by atoms with E-state index in [1.165, 1.54) is 16.7 Å². The van der Waals surface area contributed by atoms with E-state index in [1.807, 2.05) is 33.7 Å². The first-order valence-electron chi connectivity index (χ1n) is 11.6. The summed E-state index contributed by atoms with van der Waals surface area (Å²) < 4.78 is 13.1. The number of thiocarbonyl (C=S) groups is 1. The number of likely N-dealkylation sites (tertiary alicyclic amines) is 1. The van der Waals surface area contributed by atoms with E-state index in [-0.39, 0.29) is 49.0 Å². The maximum Gasteiger partial charge on any atom is 0.266 e. The molecule has 1 aromatic heterocycles. The monoisotopic (exact) mass is 509 g/mol. The second-order valence-corrected chi connectivity index (χ2v) is 10.9. The lowest BCUT2D eigenvalue weighted by atomic mass is 9.83. The van der Waals surface area contributed by atoms with Gasteiger partial charge < -0.3 is 18.9 Å². The zero-order valence-electron chi connectivity index (χ0n) is 18.8. The van der Waals surface area contributed by atoms with Crippen molar-refractivity contribution in [1.82, 2.24) is 14.4 Å². The zero-order valence-corrected chi connectivity index (χ0v) is 20.5. The van der Waals surface area contributed by atoms with Crippen LogP contribution < -0.4 is 15.0 Å². The van der Waals surface area contributed by atoms with Crippen LogP contribution in [0.2, 0.25) is 0 Å². The molecule has 2 bridgehead atoms. The van der Waals surface area contributed by atoms with Gasteiger partial charge in [0.05, 0.1) is 4.91 Å². The molecule has 2 fully saturated rings. The normalized spacial score (nSPS) is 23.7. The van der Waals surface area contributed by atoms with Gasteiger partial charge in [0.1, 0.15) is 4.32 Å². The molecule has 0 spiro atoms. The maximum atomic E-state index is 13.1. The van der Waals surface area contributed by atoms with Crippen LogP contribution in [0.25, 0.3) is 6.08 Å². The van der Waals surface area contributed by atoms with Crippen molar-refractivity contribution in [3.63, 3.8) is 0 Å². The first kappa shape index (κ1) is 22.4. The van der Waals surface area contributed by atoms with Crippen molar-refractivity contribution < 1.29 is 19.1 Å². The summed E-state index contributed by atoms with van der Waals surface area (Å²) in [5.41, 5.74) is 1.86. The van der Waals surface area contributed by atoms with Crippen LogP contribution in [0.4, 0.5) is 0 Å². The zero-order chi connectivity index (χ0) is 24.1. The van der Waals surface area contributed by atoms with Crippen LogP contribution in [0.3, 0.4) is 0 Å². The van der Waals surface area contributed by atoms with Crippen LogP contribution in [0.1, 0.15) is 30.0 Å². The third-order valence-electron chi connectivity index (χ3n) is 6.95. The summed E-state index contributed by atoms with van der Waals surface area (Å²) in [5.74, 6) is 1.60. The Morgan fingerprint density at radius 2 is 1.97 bits per heavy atom. The van der Waals surface area contributed by atoms with Crippen molar-refractivity contribution in [1.29, 1.82) is 0 Å². The largest absolute Gasteiger partial charge is 0.454 e. The van der Waals surface area contributed by atoms with E-state index in [9.17, 15) is 14.4 Å². The lowest BCUT2D eigenvalue weighted by Crippen LogP contribution is -2.49. The van der Waals surface area contributed by atoms with Crippen molar-refractivity contribution in [3.8, 4) is 11.5 Å². The molecule has 0 aliphatic carbocycles. The summed E-state index contributed by atoms with van der Waals surface area (Å²) in [4.78, 5) is 42.2. The Hall–Kier alpha value is -3.11. The molecule has 6 rings (SSSR count). The van der Waals surface area contributed by atoms with Crippen molar-refractivity contribution in [2.24, 2.45) is 5.92 Å². The van der Waals surface area contributed by atoms with Gasteiger partial charge in [-0.1, -0.05) is 36.1 Å². The topological polar surface area (TPSA) is 81.1 Å². The number of nitrogens with zero attached hydrogens (tertiary/aromatic N) is 3. The fourth-order valence-corrected chi connectivity index (χ4v) is 6.62. The highest BCUT2D eigenvalue weighted by molar-refractivity contribution is 8.26. The molecule has 0 N–H and O–H groups in total. The average Bonchev–Trinajstić information content (AvgIpc) is 3.42. The molecular formula is C25H23N3O5S2. The smallest absolute Gasteiger partial charge is 0.266 e. The summed E-state index contributed by atoms with van der Waals surface area (Å²) in [7, 11) is 0. The predicted molar refractivity (Wildman–Crippen MR) is 135 cm³/mol. The average molecular weight is 510 g/mol. The number of hydrogen-bond acceptors (Lipinski definition) is 7. The lowest BCUT2D eigenvalue weighted by molar-refractivity contribution is -0.134. The second-order valence-electron chi connectivity index (χ2n) is 9.19. The summed E-state index contributed by atoms with van der Waals surface area (Å²) >= 11 is 6.69. The number of aromatic nitrogens is 1. The molecule has 5 heterocycles. The van der Waals surface area contributed by atoms with Crippen molar-refractivity contribution in [2.75, 3.05) is 26.4 Å². The molecule has 8 nitrogen and oxygen atoms in total. The van der Waals surface area contributed by atoms with Gasteiger partial charge in [0.2, 0.25) is 12.7 Å². The molecule has 2 amide bonds. The van der Waals surface area contributed by atoms with Crippen molar-refractivity contribution in [2.45, 2.75) is 25.3 Å². The van der Waals surface area contributed by atoms with Crippen molar-refractivity contribution in [3.05, 3.63) is 62.9 Å². The van der Waals surface area contributed by atoms with Gasteiger partial charge in [-0.05, 0) is 42.2 Å². The summed E-state index contributed by atoms with van der Waals surface area (Å²) in [5, 5.41) is 0. The molecular weight excluding hydrogens is 486 g/mol. The number of benzene rings is 1. The first-order valence-corrected chi connectivity index (χ1v) is 12.8. The van der Waals surface area contributed by atoms with Crippen LogP contribution in [-0.2, 0) is 16.1 Å². The van der Waals surface area contributed by atoms with Crippen LogP contribution in [0, 0.1) is 5.92 Å². The van der Waals surface area contributed by atoms with Gasteiger partial charge in [-0.3, -0.25) is 19.3 Å². The van der Waals surface area contributed by atoms with E-state index in [2.05, 4.69) is 0 Å². The Kier molecular flexibility index (Phi) is 5.64. The second kappa shape index (κ2) is 8.83. The van der Waals surface area contributed by atoms with E-state index in [4.69, 9.17) is 21.7 Å². The van der Waals surface area contributed by atoms with Gasteiger partial charge in [-0.2, -0.15) is 0 Å². The minimum Gasteiger partial charge on any atom is -0.454 e. The van der Waals surface area contributed by atoms with E-state index in [1.54, 1.807) is 18.2 Å². The Morgan fingerprint density at radius 1 is 1.11 bits per heavy atom. The molecule has 2 atom stereocenters. The van der Waals surface area contributed by atoms with Gasteiger partial charge in [0.15, 0.2) is 11.5 Å². The molecule has 1 aromatic carbocycles. The molecule has 0 radical (unpaired) electrons. The van der Waals surface area contributed by atoms with Gasteiger partial charge in [-0.25, -0.2) is 0 Å². The van der Waals surface area contributed by atoms with E-state index < -0.39 is 0 Å². The lowest BCUT2D eigenvalue weighted by Gasteiger charge is -2.42. The number of amides is 2. The molecule has 2 saturated heterocycles. The van der Waals surface area contributed by atoms with Crippen molar-refractivity contribution >= 4 is 46.2 Å².